The molecule has 2 heterocycles. The minimum absolute atomic E-state index is 0.000148. The van der Waals surface area contributed by atoms with Gasteiger partial charge in [-0.2, -0.15) is 0 Å². The Kier molecular flexibility index (Phi) is 7.55. The molecule has 5 rings (SSSR count). The highest BCUT2D eigenvalue weighted by Gasteiger charge is 2.51. The molecule has 1 aromatic heterocycles. The number of likely N-dealkylation sites (N-methyl/N-ethyl adjacent to an activating group) is 2. The van der Waals surface area contributed by atoms with Crippen LogP contribution in [0, 0.1) is 0 Å². The molecule has 0 unspecified atom stereocenters. The van der Waals surface area contributed by atoms with Crippen molar-refractivity contribution in [2.24, 2.45) is 4.99 Å². The van der Waals surface area contributed by atoms with E-state index in [0.717, 1.165) is 27.6 Å². The molecule has 8 nitrogen and oxygen atoms in total. The molecule has 0 aliphatic carbocycles. The molecule has 212 valence electrons. The van der Waals surface area contributed by atoms with E-state index < -0.39 is 18.3 Å². The molecule has 41 heavy (non-hydrogen) atoms. The summed E-state index contributed by atoms with van der Waals surface area (Å²) in [6.45, 7) is 8.43. The number of H-pyrrole nitrogens is 1. The van der Waals surface area contributed by atoms with Crippen molar-refractivity contribution in [3.05, 3.63) is 83.9 Å². The van der Waals surface area contributed by atoms with E-state index in [1.165, 1.54) is 0 Å². The van der Waals surface area contributed by atoms with Crippen molar-refractivity contribution < 1.29 is 19.2 Å². The van der Waals surface area contributed by atoms with Crippen LogP contribution in [0.2, 0.25) is 0 Å². The van der Waals surface area contributed by atoms with Gasteiger partial charge in [0.05, 0.1) is 34.7 Å². The van der Waals surface area contributed by atoms with E-state index in [9.17, 15) is 9.90 Å². The Labute approximate surface area is 241 Å². The lowest BCUT2D eigenvalue weighted by molar-refractivity contribution is -0.118. The van der Waals surface area contributed by atoms with Crippen LogP contribution >= 0.6 is 0 Å². The number of fused-ring (bicyclic) bond motifs is 1. The smallest absolute Gasteiger partial charge is 0.494 e. The van der Waals surface area contributed by atoms with Crippen molar-refractivity contribution in [2.45, 2.75) is 38.9 Å². The standard InChI is InChI=1S/C32H37BN4O4/c1-31(2)32(3,4)41-33(40-31)22-13-18-25-26(19-22)35-30(39)28(25)29(21-11-9-8-10-12-21)34-23-14-16-24(17-15-23)37(7)27(38)20-36(5)6/h8-19,35,39H,20H2,1-7H3. The fraction of sp³-hybridized carbons (Fsp3) is 0.312. The predicted molar refractivity (Wildman–Crippen MR) is 166 cm³/mol. The molecule has 0 atom stereocenters. The molecule has 1 saturated heterocycles. The number of aromatic nitrogens is 1. The van der Waals surface area contributed by atoms with Crippen molar-refractivity contribution in [3.8, 4) is 5.88 Å². The molecule has 4 aromatic rings. The van der Waals surface area contributed by atoms with Crippen LogP contribution in [-0.2, 0) is 14.1 Å². The number of nitrogens with one attached hydrogen (secondary N) is 1. The Hall–Kier alpha value is -3.92. The highest BCUT2D eigenvalue weighted by Crippen LogP contribution is 2.37. The van der Waals surface area contributed by atoms with Gasteiger partial charge in [0.2, 0.25) is 5.91 Å². The van der Waals surface area contributed by atoms with Gasteiger partial charge in [0, 0.05) is 29.2 Å². The van der Waals surface area contributed by atoms with Gasteiger partial charge in [-0.25, -0.2) is 4.99 Å². The van der Waals surface area contributed by atoms with Crippen LogP contribution in [0.25, 0.3) is 10.9 Å². The zero-order chi connectivity index (χ0) is 29.5. The minimum Gasteiger partial charge on any atom is -0.494 e. The summed E-state index contributed by atoms with van der Waals surface area (Å²) < 4.78 is 12.5. The van der Waals surface area contributed by atoms with E-state index >= 15 is 0 Å². The number of carbonyl (C=O) groups excluding carboxylic acids is 1. The summed E-state index contributed by atoms with van der Waals surface area (Å²) in [6.07, 6.45) is 0. The van der Waals surface area contributed by atoms with Crippen molar-refractivity contribution >= 4 is 46.5 Å². The molecular weight excluding hydrogens is 515 g/mol. The number of carbonyl (C=O) groups is 1. The van der Waals surface area contributed by atoms with Gasteiger partial charge in [-0.1, -0.05) is 42.5 Å². The number of benzene rings is 3. The number of rotatable bonds is 7. The molecule has 1 fully saturated rings. The summed E-state index contributed by atoms with van der Waals surface area (Å²) in [4.78, 5) is 24.1. The molecule has 1 amide bonds. The van der Waals surface area contributed by atoms with E-state index in [1.807, 2.05) is 119 Å². The number of nitrogens with zero attached hydrogens (tertiary/aromatic N) is 3. The largest absolute Gasteiger partial charge is 0.494 e. The molecule has 0 radical (unpaired) electrons. The number of hydrogen-bond donors (Lipinski definition) is 2. The average Bonchev–Trinajstić information content (AvgIpc) is 3.36. The minimum atomic E-state index is -0.512. The van der Waals surface area contributed by atoms with Gasteiger partial charge in [0.15, 0.2) is 5.88 Å². The lowest BCUT2D eigenvalue weighted by Gasteiger charge is -2.32. The third kappa shape index (κ3) is 5.66. The summed E-state index contributed by atoms with van der Waals surface area (Å²) in [5.74, 6) is 0.0270. The Morgan fingerprint density at radius 1 is 0.927 bits per heavy atom. The van der Waals surface area contributed by atoms with Crippen molar-refractivity contribution in [1.82, 2.24) is 9.88 Å². The van der Waals surface area contributed by atoms with Gasteiger partial charge in [0.25, 0.3) is 0 Å². The molecule has 3 aromatic carbocycles. The molecule has 0 spiro atoms. The maximum absolute atomic E-state index is 12.5. The number of hydrogen-bond acceptors (Lipinski definition) is 6. The molecule has 9 heteroatoms. The van der Waals surface area contributed by atoms with Crippen LogP contribution in [-0.4, -0.2) is 72.6 Å². The Morgan fingerprint density at radius 3 is 2.17 bits per heavy atom. The summed E-state index contributed by atoms with van der Waals surface area (Å²) >= 11 is 0. The SMILES string of the molecule is CN(C)CC(=O)N(C)c1ccc(N=C(c2ccccc2)c2c(O)[nH]c3cc(B4OC(C)(C)C(C)(C)O4)ccc23)cc1. The highest BCUT2D eigenvalue weighted by molar-refractivity contribution is 6.62. The lowest BCUT2D eigenvalue weighted by atomic mass is 9.78. The van der Waals surface area contributed by atoms with E-state index in [4.69, 9.17) is 14.3 Å². The number of amides is 1. The van der Waals surface area contributed by atoms with Gasteiger partial charge >= 0.3 is 7.12 Å². The van der Waals surface area contributed by atoms with Gasteiger partial charge in [-0.15, -0.1) is 0 Å². The Morgan fingerprint density at radius 2 is 1.56 bits per heavy atom. The zero-order valence-corrected chi connectivity index (χ0v) is 24.7. The van der Waals surface area contributed by atoms with E-state index in [1.54, 1.807) is 11.9 Å². The van der Waals surface area contributed by atoms with Crippen LogP contribution in [0.3, 0.4) is 0 Å². The first kappa shape index (κ1) is 28.6. The first-order valence-electron chi connectivity index (χ1n) is 13.7. The lowest BCUT2D eigenvalue weighted by Crippen LogP contribution is -2.41. The molecule has 0 bridgehead atoms. The fourth-order valence-corrected chi connectivity index (χ4v) is 4.83. The van der Waals surface area contributed by atoms with Gasteiger partial charge in [0.1, 0.15) is 0 Å². The summed E-state index contributed by atoms with van der Waals surface area (Å²) in [7, 11) is 4.99. The van der Waals surface area contributed by atoms with E-state index in [0.29, 0.717) is 23.5 Å². The van der Waals surface area contributed by atoms with Crippen molar-refractivity contribution in [3.63, 3.8) is 0 Å². The normalized spacial score (nSPS) is 16.5. The van der Waals surface area contributed by atoms with E-state index in [-0.39, 0.29) is 11.8 Å². The summed E-state index contributed by atoms with van der Waals surface area (Å²) in [6, 6.07) is 23.2. The molecule has 2 N–H and O–H groups in total. The van der Waals surface area contributed by atoms with Crippen LogP contribution < -0.4 is 10.4 Å². The van der Waals surface area contributed by atoms with Crippen LogP contribution in [0.15, 0.2) is 77.8 Å². The first-order valence-corrected chi connectivity index (χ1v) is 13.7. The third-order valence-electron chi connectivity index (χ3n) is 7.92. The molecule has 1 aliphatic rings. The first-order chi connectivity index (χ1) is 19.4. The monoisotopic (exact) mass is 552 g/mol. The average molecular weight is 552 g/mol. The molecule has 1 aliphatic heterocycles. The predicted octanol–water partition coefficient (Wildman–Crippen LogP) is 4.87. The molecule has 0 saturated carbocycles. The molecular formula is C32H37BN4O4. The number of anilines is 1. The van der Waals surface area contributed by atoms with E-state index in [2.05, 4.69) is 4.98 Å². The quantitative estimate of drug-likeness (QED) is 0.252. The number of aliphatic imine (C=N–C) groups is 1. The van der Waals surface area contributed by atoms with Crippen LogP contribution in [0.1, 0.15) is 38.8 Å². The van der Waals surface area contributed by atoms with Crippen molar-refractivity contribution in [2.75, 3.05) is 32.6 Å². The number of aromatic amines is 1. The second-order valence-corrected chi connectivity index (χ2v) is 11.8. The van der Waals surface area contributed by atoms with Gasteiger partial charge in [-0.05, 0) is 77.6 Å². The third-order valence-corrected chi connectivity index (χ3v) is 7.92. The van der Waals surface area contributed by atoms with Crippen LogP contribution in [0.5, 0.6) is 5.88 Å². The fourth-order valence-electron chi connectivity index (χ4n) is 4.83. The van der Waals surface area contributed by atoms with Crippen LogP contribution in [0.4, 0.5) is 11.4 Å². The zero-order valence-electron chi connectivity index (χ0n) is 24.7. The second-order valence-electron chi connectivity index (χ2n) is 11.8. The highest BCUT2D eigenvalue weighted by atomic mass is 16.7. The second kappa shape index (κ2) is 10.8. The maximum Gasteiger partial charge on any atom is 0.494 e. The van der Waals surface area contributed by atoms with Gasteiger partial charge < -0.3 is 29.2 Å². The van der Waals surface area contributed by atoms with Gasteiger partial charge in [-0.3, -0.25) is 4.79 Å². The van der Waals surface area contributed by atoms with Crippen molar-refractivity contribution in [1.29, 1.82) is 0 Å². The Balaban J connectivity index is 1.53. The number of aromatic hydroxyl groups is 1. The maximum atomic E-state index is 12.5. The Bertz CT molecular complexity index is 1580. The summed E-state index contributed by atoms with van der Waals surface area (Å²) in [5.41, 5.74) is 4.29. The summed E-state index contributed by atoms with van der Waals surface area (Å²) in [5, 5.41) is 12.0. The topological polar surface area (TPSA) is 90.4 Å².